The van der Waals surface area contributed by atoms with Crippen molar-refractivity contribution in [3.8, 4) is 0 Å². The first kappa shape index (κ1) is 23.4. The van der Waals surface area contributed by atoms with Gasteiger partial charge in [-0.3, -0.25) is 19.7 Å². The highest BCUT2D eigenvalue weighted by Crippen LogP contribution is 2.56. The minimum Gasteiger partial charge on any atom is -0.384 e. The Kier molecular flexibility index (Phi) is 6.21. The third-order valence-electron chi connectivity index (χ3n) is 8.54. The number of hydrogen-bond donors (Lipinski definition) is 1. The molecule has 0 aromatic carbocycles. The number of amidine groups is 1. The first-order valence-electron chi connectivity index (χ1n) is 12.6. The fourth-order valence-electron chi connectivity index (χ4n) is 6.07. The van der Waals surface area contributed by atoms with Gasteiger partial charge in [-0.2, -0.15) is 0 Å². The predicted molar refractivity (Wildman–Crippen MR) is 128 cm³/mol. The number of likely N-dealkylation sites (tertiary alicyclic amines) is 2. The molecule has 34 heavy (non-hydrogen) atoms. The Morgan fingerprint density at radius 2 is 1.85 bits per heavy atom. The molecule has 184 valence electrons. The van der Waals surface area contributed by atoms with Gasteiger partial charge in [0.15, 0.2) is 5.67 Å². The van der Waals surface area contributed by atoms with E-state index in [1.807, 2.05) is 6.08 Å². The van der Waals surface area contributed by atoms with E-state index in [4.69, 9.17) is 5.73 Å². The van der Waals surface area contributed by atoms with E-state index >= 15 is 4.39 Å². The van der Waals surface area contributed by atoms with Crippen LogP contribution in [0.25, 0.3) is 0 Å². The molecule has 1 unspecified atom stereocenters. The highest BCUT2D eigenvalue weighted by Gasteiger charge is 2.53. The van der Waals surface area contributed by atoms with Crippen LogP contribution in [0, 0.1) is 17.7 Å². The number of nitrogens with two attached hydrogens (primary N) is 1. The second kappa shape index (κ2) is 9.02. The van der Waals surface area contributed by atoms with Crippen molar-refractivity contribution < 1.29 is 13.6 Å². The number of carbonyl (C=O) groups excluding carboxylic acids is 1. The highest BCUT2D eigenvalue weighted by atomic mass is 19.1. The Morgan fingerprint density at radius 1 is 1.15 bits per heavy atom. The maximum Gasteiger partial charge on any atom is 0.260 e. The zero-order valence-electron chi connectivity index (χ0n) is 20.0. The SMILES string of the molecule is CC1CN=C(N)C=C1CN1CCC(F)(C(=O)N2CCC(C3(c4ccc(F)cn4)CC3)CC2)CC1. The van der Waals surface area contributed by atoms with Crippen LogP contribution in [0.15, 0.2) is 35.0 Å². The number of nitrogens with zero attached hydrogens (tertiary/aromatic N) is 4. The number of aromatic nitrogens is 1. The van der Waals surface area contributed by atoms with Crippen molar-refractivity contribution in [1.29, 1.82) is 0 Å². The van der Waals surface area contributed by atoms with Gasteiger partial charge in [0.25, 0.3) is 5.91 Å². The van der Waals surface area contributed by atoms with E-state index in [9.17, 15) is 9.18 Å². The van der Waals surface area contributed by atoms with E-state index in [0.717, 1.165) is 37.9 Å². The van der Waals surface area contributed by atoms with E-state index in [1.54, 1.807) is 11.0 Å². The van der Waals surface area contributed by atoms with Crippen LogP contribution in [0.4, 0.5) is 8.78 Å². The summed E-state index contributed by atoms with van der Waals surface area (Å²) in [7, 11) is 0. The molecule has 0 radical (unpaired) electrons. The number of aliphatic imine (C=N–C) groups is 1. The fraction of sp³-hybridized carbons (Fsp3) is 0.654. The maximum absolute atomic E-state index is 15.8. The van der Waals surface area contributed by atoms with Crippen LogP contribution in [0.5, 0.6) is 0 Å². The Morgan fingerprint density at radius 3 is 2.47 bits per heavy atom. The zero-order valence-corrected chi connectivity index (χ0v) is 20.0. The van der Waals surface area contributed by atoms with Crippen LogP contribution in [-0.4, -0.2) is 71.5 Å². The third kappa shape index (κ3) is 4.49. The van der Waals surface area contributed by atoms with Crippen molar-refractivity contribution in [2.24, 2.45) is 22.6 Å². The summed E-state index contributed by atoms with van der Waals surface area (Å²) in [5, 5.41) is 0. The smallest absolute Gasteiger partial charge is 0.260 e. The molecule has 0 spiro atoms. The normalized spacial score (nSPS) is 27.1. The molecule has 2 saturated heterocycles. The topological polar surface area (TPSA) is 74.8 Å². The molecular weight excluding hydrogens is 436 g/mol. The van der Waals surface area contributed by atoms with Gasteiger partial charge in [0.2, 0.25) is 0 Å². The number of pyridine rings is 1. The Hall–Kier alpha value is -2.35. The third-order valence-corrected chi connectivity index (χ3v) is 8.54. The van der Waals surface area contributed by atoms with Gasteiger partial charge in [-0.15, -0.1) is 0 Å². The van der Waals surface area contributed by atoms with E-state index in [0.29, 0.717) is 50.4 Å². The van der Waals surface area contributed by atoms with Crippen molar-refractivity contribution in [2.45, 2.75) is 56.5 Å². The number of alkyl halides is 1. The summed E-state index contributed by atoms with van der Waals surface area (Å²) in [5.74, 6) is 0.659. The quantitative estimate of drug-likeness (QED) is 0.716. The molecule has 0 bridgehead atoms. The van der Waals surface area contributed by atoms with Crippen LogP contribution >= 0.6 is 0 Å². The second-order valence-corrected chi connectivity index (χ2v) is 10.7. The molecule has 2 N–H and O–H groups in total. The molecule has 3 aliphatic heterocycles. The lowest BCUT2D eigenvalue weighted by atomic mass is 9.78. The van der Waals surface area contributed by atoms with E-state index in [2.05, 4.69) is 21.8 Å². The van der Waals surface area contributed by atoms with Crippen LogP contribution in [-0.2, 0) is 10.2 Å². The fourth-order valence-corrected chi connectivity index (χ4v) is 6.07. The molecule has 3 fully saturated rings. The largest absolute Gasteiger partial charge is 0.384 e. The van der Waals surface area contributed by atoms with Gasteiger partial charge in [0, 0.05) is 63.2 Å². The molecule has 1 atom stereocenters. The van der Waals surface area contributed by atoms with Gasteiger partial charge in [0.05, 0.1) is 6.20 Å². The van der Waals surface area contributed by atoms with Crippen molar-refractivity contribution in [3.63, 3.8) is 0 Å². The summed E-state index contributed by atoms with van der Waals surface area (Å²) < 4.78 is 29.1. The molecule has 1 aromatic heterocycles. The number of piperidine rings is 2. The van der Waals surface area contributed by atoms with Crippen molar-refractivity contribution in [1.82, 2.24) is 14.8 Å². The first-order valence-corrected chi connectivity index (χ1v) is 12.6. The van der Waals surface area contributed by atoms with Crippen LogP contribution in [0.1, 0.15) is 51.1 Å². The van der Waals surface area contributed by atoms with Crippen LogP contribution in [0.3, 0.4) is 0 Å². The molecule has 4 aliphatic rings. The lowest BCUT2D eigenvalue weighted by Crippen LogP contribution is -2.54. The van der Waals surface area contributed by atoms with Crippen LogP contribution < -0.4 is 5.73 Å². The van der Waals surface area contributed by atoms with Gasteiger partial charge < -0.3 is 10.6 Å². The van der Waals surface area contributed by atoms with Gasteiger partial charge in [-0.25, -0.2) is 8.78 Å². The maximum atomic E-state index is 15.8. The Labute approximate surface area is 200 Å². The second-order valence-electron chi connectivity index (χ2n) is 10.7. The lowest BCUT2D eigenvalue weighted by Gasteiger charge is -2.42. The number of hydrogen-bond acceptors (Lipinski definition) is 5. The number of amides is 1. The van der Waals surface area contributed by atoms with E-state index < -0.39 is 5.67 Å². The summed E-state index contributed by atoms with van der Waals surface area (Å²) >= 11 is 0. The summed E-state index contributed by atoms with van der Waals surface area (Å²) in [6.07, 6.45) is 7.51. The van der Waals surface area contributed by atoms with Gasteiger partial charge in [-0.1, -0.05) is 6.92 Å². The first-order chi connectivity index (χ1) is 16.3. The predicted octanol–water partition coefficient (Wildman–Crippen LogP) is 3.23. The molecular formula is C26H35F2N5O. The minimum atomic E-state index is -1.77. The summed E-state index contributed by atoms with van der Waals surface area (Å²) in [6, 6.07) is 3.28. The van der Waals surface area contributed by atoms with Crippen molar-refractivity contribution in [2.75, 3.05) is 39.3 Å². The molecule has 1 amide bonds. The summed E-state index contributed by atoms with van der Waals surface area (Å²) in [5.41, 5.74) is 6.30. The average molecular weight is 472 g/mol. The minimum absolute atomic E-state index is 0.0145. The molecule has 1 saturated carbocycles. The number of rotatable bonds is 5. The average Bonchev–Trinajstić information content (AvgIpc) is 3.65. The van der Waals surface area contributed by atoms with Crippen molar-refractivity contribution >= 4 is 11.7 Å². The van der Waals surface area contributed by atoms with E-state index in [-0.39, 0.29) is 30.0 Å². The number of carbonyl (C=O) groups is 1. The monoisotopic (exact) mass is 471 g/mol. The summed E-state index contributed by atoms with van der Waals surface area (Å²) in [6.45, 7) is 5.91. The molecule has 6 nitrogen and oxygen atoms in total. The molecule has 1 aromatic rings. The number of halogens is 2. The molecule has 8 heteroatoms. The number of dihydropyridines is 1. The molecule has 4 heterocycles. The van der Waals surface area contributed by atoms with Gasteiger partial charge in [-0.05, 0) is 61.3 Å². The lowest BCUT2D eigenvalue weighted by molar-refractivity contribution is -0.149. The molecule has 5 rings (SSSR count). The Balaban J connectivity index is 1.14. The summed E-state index contributed by atoms with van der Waals surface area (Å²) in [4.78, 5) is 25.8. The van der Waals surface area contributed by atoms with Gasteiger partial charge >= 0.3 is 0 Å². The van der Waals surface area contributed by atoms with Crippen molar-refractivity contribution in [3.05, 3.63) is 41.5 Å². The molecule has 1 aliphatic carbocycles. The Bertz CT molecular complexity index is 971. The standard InChI is InChI=1S/C26H35F2N5O/c1-18-15-31-23(29)14-19(18)17-32-12-8-26(28,9-13-32)24(34)33-10-4-20(5-11-33)25(6-7-25)22-3-2-21(27)16-30-22/h2-3,14,16,18,20H,4-13,15,17H2,1H3,(H2,29,31). The van der Waals surface area contributed by atoms with E-state index in [1.165, 1.54) is 17.8 Å². The zero-order chi connectivity index (χ0) is 23.9. The van der Waals surface area contributed by atoms with Crippen LogP contribution in [0.2, 0.25) is 0 Å². The van der Waals surface area contributed by atoms with Gasteiger partial charge in [0.1, 0.15) is 11.7 Å². The highest BCUT2D eigenvalue weighted by molar-refractivity contribution is 5.92.